The van der Waals surface area contributed by atoms with E-state index in [2.05, 4.69) is 13.2 Å². The maximum absolute atomic E-state index is 13.1. The Balaban J connectivity index is 2.24. The monoisotopic (exact) mass is 512 g/mol. The van der Waals surface area contributed by atoms with Gasteiger partial charge >= 0.3 is 5.97 Å². The number of rotatable bonds is 10. The van der Waals surface area contributed by atoms with Crippen LogP contribution in [0.5, 0.6) is 0 Å². The molecule has 0 aliphatic carbocycles. The molecule has 1 heterocycles. The highest BCUT2D eigenvalue weighted by Gasteiger charge is 2.67. The molecule has 0 radical (unpaired) electrons. The summed E-state index contributed by atoms with van der Waals surface area (Å²) < 4.78 is 16.3. The number of hydrogen-bond acceptors (Lipinski definition) is 10. The van der Waals surface area contributed by atoms with E-state index < -0.39 is 53.0 Å². The fourth-order valence-corrected chi connectivity index (χ4v) is 7.69. The van der Waals surface area contributed by atoms with Crippen LogP contribution in [0.3, 0.4) is 0 Å². The normalized spacial score (nSPS) is 17.5. The van der Waals surface area contributed by atoms with Gasteiger partial charge in [0.2, 0.25) is 0 Å². The molecular formula is C20H20N2O8S3. The molecule has 13 heteroatoms. The number of ether oxygens (including phenoxy) is 1. The second kappa shape index (κ2) is 10.9. The van der Waals surface area contributed by atoms with Crippen molar-refractivity contribution in [3.8, 4) is 0 Å². The summed E-state index contributed by atoms with van der Waals surface area (Å²) in [5.74, 6) is -1.82. The summed E-state index contributed by atoms with van der Waals surface area (Å²) in [6, 6.07) is 5.31. The quantitative estimate of drug-likeness (QED) is 0.0873. The van der Waals surface area contributed by atoms with Gasteiger partial charge in [-0.15, -0.1) is 6.58 Å². The number of esters is 1. The molecule has 1 fully saturated rings. The van der Waals surface area contributed by atoms with E-state index >= 15 is 0 Å². The van der Waals surface area contributed by atoms with Crippen LogP contribution in [0.4, 0.5) is 5.69 Å². The van der Waals surface area contributed by atoms with E-state index in [4.69, 9.17) is 4.74 Å². The summed E-state index contributed by atoms with van der Waals surface area (Å²) >= 11 is 1.14. The number of β-lactam (4-membered cyclic amide) rings is 1. The van der Waals surface area contributed by atoms with Crippen molar-refractivity contribution in [2.45, 2.75) is 29.9 Å². The molecule has 0 N–H and O–H groups in total. The number of amides is 1. The largest absolute Gasteiger partial charge is 0.456 e. The van der Waals surface area contributed by atoms with E-state index in [-0.39, 0.29) is 18.0 Å². The van der Waals surface area contributed by atoms with E-state index in [1.165, 1.54) is 44.2 Å². The third kappa shape index (κ3) is 5.78. The minimum absolute atomic E-state index is 0.0573. The zero-order valence-electron chi connectivity index (χ0n) is 17.7. The molecule has 0 spiro atoms. The second-order valence-electron chi connectivity index (χ2n) is 6.66. The first-order valence-electron chi connectivity index (χ1n) is 9.24. The Morgan fingerprint density at radius 2 is 1.79 bits per heavy atom. The highest BCUT2D eigenvalue weighted by Crippen LogP contribution is 2.54. The Bertz CT molecular complexity index is 1040. The number of non-ortho nitro benzene ring substituents is 1. The number of hydrogen-bond donors (Lipinski definition) is 0. The molecule has 1 aliphatic rings. The lowest BCUT2D eigenvalue weighted by atomic mass is 10.1. The van der Waals surface area contributed by atoms with Gasteiger partial charge < -0.3 is 4.74 Å². The Hall–Kier alpha value is -2.77. The van der Waals surface area contributed by atoms with Crippen LogP contribution in [0.1, 0.15) is 19.4 Å². The third-order valence-electron chi connectivity index (χ3n) is 4.24. The molecule has 2 atom stereocenters. The summed E-state index contributed by atoms with van der Waals surface area (Å²) in [7, 11) is -1.81. The SMILES string of the molecule is C=CCS(=O)C1N(C(=C)C(=O)OCc2ccc([N+](=O)[O-])cc2)C(=O)C1(SC(C)=O)SC(C)=O. The van der Waals surface area contributed by atoms with Gasteiger partial charge in [0.1, 0.15) is 17.7 Å². The Morgan fingerprint density at radius 1 is 1.24 bits per heavy atom. The highest BCUT2D eigenvalue weighted by atomic mass is 32.2. The molecule has 2 unspecified atom stereocenters. The number of nitro benzene ring substituents is 1. The van der Waals surface area contributed by atoms with Crippen molar-refractivity contribution in [3.63, 3.8) is 0 Å². The van der Waals surface area contributed by atoms with Crippen LogP contribution < -0.4 is 0 Å². The first-order chi connectivity index (χ1) is 15.4. The molecular weight excluding hydrogens is 492 g/mol. The summed E-state index contributed by atoms with van der Waals surface area (Å²) in [5.41, 5.74) is -0.0826. The van der Waals surface area contributed by atoms with Crippen LogP contribution in [0.25, 0.3) is 0 Å². The van der Waals surface area contributed by atoms with Gasteiger partial charge in [0.25, 0.3) is 11.6 Å². The molecule has 0 saturated carbocycles. The maximum Gasteiger partial charge on any atom is 0.354 e. The van der Waals surface area contributed by atoms with Gasteiger partial charge in [0, 0.05) is 31.7 Å². The average Bonchev–Trinajstić information content (AvgIpc) is 2.73. The van der Waals surface area contributed by atoms with Crippen molar-refractivity contribution < 1.29 is 33.0 Å². The minimum Gasteiger partial charge on any atom is -0.456 e. The number of likely N-dealkylation sites (tertiary alicyclic amines) is 1. The fourth-order valence-electron chi connectivity index (χ4n) is 2.93. The van der Waals surface area contributed by atoms with Crippen molar-refractivity contribution in [3.05, 3.63) is 64.9 Å². The molecule has 1 saturated heterocycles. The number of carbonyl (C=O) groups excluding carboxylic acids is 4. The molecule has 10 nitrogen and oxygen atoms in total. The number of carbonyl (C=O) groups is 4. The van der Waals surface area contributed by atoms with Gasteiger partial charge in [-0.3, -0.25) is 33.6 Å². The van der Waals surface area contributed by atoms with Crippen LogP contribution >= 0.6 is 23.5 Å². The smallest absolute Gasteiger partial charge is 0.354 e. The van der Waals surface area contributed by atoms with Crippen molar-refractivity contribution in [2.75, 3.05) is 5.75 Å². The van der Waals surface area contributed by atoms with Crippen molar-refractivity contribution >= 4 is 62.1 Å². The van der Waals surface area contributed by atoms with Gasteiger partial charge in [-0.05, 0) is 17.7 Å². The lowest BCUT2D eigenvalue weighted by Crippen LogP contribution is -2.72. The van der Waals surface area contributed by atoms with Crippen LogP contribution in [0.15, 0.2) is 49.2 Å². The van der Waals surface area contributed by atoms with Crippen molar-refractivity contribution in [2.24, 2.45) is 0 Å². The Kier molecular flexibility index (Phi) is 8.75. The van der Waals surface area contributed by atoms with E-state index in [1.807, 2.05) is 0 Å². The lowest BCUT2D eigenvalue weighted by molar-refractivity contribution is -0.384. The highest BCUT2D eigenvalue weighted by molar-refractivity contribution is 8.32. The predicted octanol–water partition coefficient (Wildman–Crippen LogP) is 2.51. The Labute approximate surface area is 200 Å². The molecule has 1 aromatic rings. The maximum atomic E-state index is 13.1. The standard InChI is InChI=1S/C20H20N2O8S3/c1-5-10-33(29)19-20(31-13(3)23,32-14(4)24)18(26)21(19)12(2)17(25)30-11-15-6-8-16(9-7-15)22(27)28/h5-9,19H,1-2,10-11H2,3-4H3. The minimum atomic E-state index is -1.81. The molecule has 1 aromatic carbocycles. The fraction of sp³-hybridized carbons (Fsp3) is 0.300. The molecule has 2 rings (SSSR count). The van der Waals surface area contributed by atoms with E-state index in [0.29, 0.717) is 29.1 Å². The van der Waals surface area contributed by atoms with Gasteiger partial charge in [-0.1, -0.05) is 36.2 Å². The topological polar surface area (TPSA) is 141 Å². The van der Waals surface area contributed by atoms with Gasteiger partial charge in [-0.2, -0.15) is 0 Å². The summed E-state index contributed by atoms with van der Waals surface area (Å²) in [5, 5.41) is 8.58. The molecule has 1 amide bonds. The predicted molar refractivity (Wildman–Crippen MR) is 125 cm³/mol. The Morgan fingerprint density at radius 3 is 2.24 bits per heavy atom. The molecule has 176 valence electrons. The van der Waals surface area contributed by atoms with Crippen LogP contribution in [-0.4, -0.2) is 51.3 Å². The number of benzene rings is 1. The van der Waals surface area contributed by atoms with Crippen LogP contribution in [-0.2, 0) is 41.3 Å². The zero-order chi connectivity index (χ0) is 24.9. The molecule has 0 bridgehead atoms. The van der Waals surface area contributed by atoms with Crippen molar-refractivity contribution in [1.29, 1.82) is 0 Å². The molecule has 0 aromatic heterocycles. The van der Waals surface area contributed by atoms with Crippen molar-refractivity contribution in [1.82, 2.24) is 4.90 Å². The summed E-state index contributed by atoms with van der Waals surface area (Å²) in [6.07, 6.45) is 1.36. The summed E-state index contributed by atoms with van der Waals surface area (Å²) in [4.78, 5) is 60.3. The number of thioether (sulfide) groups is 2. The zero-order valence-corrected chi connectivity index (χ0v) is 20.1. The average molecular weight is 513 g/mol. The van der Waals surface area contributed by atoms with Gasteiger partial charge in [0.05, 0.1) is 15.7 Å². The van der Waals surface area contributed by atoms with Gasteiger partial charge in [-0.25, -0.2) is 4.79 Å². The number of nitro groups is 1. The van der Waals surface area contributed by atoms with E-state index in [0.717, 1.165) is 4.90 Å². The van der Waals surface area contributed by atoms with Crippen LogP contribution in [0.2, 0.25) is 0 Å². The second-order valence-corrected chi connectivity index (χ2v) is 11.3. The molecule has 33 heavy (non-hydrogen) atoms. The van der Waals surface area contributed by atoms with E-state index in [1.54, 1.807) is 0 Å². The van der Waals surface area contributed by atoms with E-state index in [9.17, 15) is 33.5 Å². The summed E-state index contributed by atoms with van der Waals surface area (Å²) in [6.45, 7) is 9.27. The number of nitrogens with zero attached hydrogens (tertiary/aromatic N) is 2. The first kappa shape index (κ1) is 26.5. The van der Waals surface area contributed by atoms with Crippen LogP contribution in [0, 0.1) is 10.1 Å². The molecule has 1 aliphatic heterocycles. The third-order valence-corrected chi connectivity index (χ3v) is 8.64. The lowest BCUT2D eigenvalue weighted by Gasteiger charge is -2.52. The van der Waals surface area contributed by atoms with Gasteiger partial charge in [0.15, 0.2) is 14.3 Å². The first-order valence-corrected chi connectivity index (χ1v) is 12.3.